The van der Waals surface area contributed by atoms with Gasteiger partial charge in [0.15, 0.2) is 12.6 Å². The molecule has 2 aliphatic rings. The standard InChI is InChI=1S/C67H120O14/c1-3-5-7-9-11-13-15-17-19-21-23-25-27-29-31-33-35-37-39-41-43-45-47-49-51-76-53-56(54-77-66-65(75)63(73)61(71)58(81-66)55-78-67-64(74)62(72)60(70)57(52-68)80-67)79-59(69)50-48-46-44-42-40-38-36-34-32-30-28-26-24-22-20-18-16-14-12-10-8-6-4-2/h15-18,21-24,28,30,56-58,60-68,70-75H,3-14,19-20,25-27,29,31-55H2,1-2H3/b17-15-,18-16-,23-21-,24-22-,30-28-. The molecular formula is C67H120O14. The van der Waals surface area contributed by atoms with Gasteiger partial charge in [-0.15, -0.1) is 0 Å². The van der Waals surface area contributed by atoms with E-state index in [1.165, 1.54) is 167 Å². The van der Waals surface area contributed by atoms with Gasteiger partial charge in [0.2, 0.25) is 0 Å². The quantitative estimate of drug-likeness (QED) is 0.0172. The highest BCUT2D eigenvalue weighted by molar-refractivity contribution is 5.69. The predicted molar refractivity (Wildman–Crippen MR) is 326 cm³/mol. The topological polar surface area (TPSA) is 214 Å². The molecule has 0 spiro atoms. The van der Waals surface area contributed by atoms with E-state index in [1.807, 2.05) is 0 Å². The van der Waals surface area contributed by atoms with Crippen molar-refractivity contribution in [1.82, 2.24) is 0 Å². The maximum absolute atomic E-state index is 13.1. The summed E-state index contributed by atoms with van der Waals surface area (Å²) in [5, 5.41) is 72.5. The molecule has 14 nitrogen and oxygen atoms in total. The summed E-state index contributed by atoms with van der Waals surface area (Å²) in [6, 6.07) is 0. The second-order valence-corrected chi connectivity index (χ2v) is 22.9. The highest BCUT2D eigenvalue weighted by Gasteiger charge is 2.47. The third-order valence-corrected chi connectivity index (χ3v) is 15.5. The van der Waals surface area contributed by atoms with E-state index >= 15 is 0 Å². The van der Waals surface area contributed by atoms with Crippen LogP contribution < -0.4 is 0 Å². The van der Waals surface area contributed by atoms with Crippen LogP contribution in [0.25, 0.3) is 0 Å². The number of aliphatic hydroxyl groups excluding tert-OH is 7. The van der Waals surface area contributed by atoms with E-state index in [1.54, 1.807) is 0 Å². The van der Waals surface area contributed by atoms with E-state index in [0.29, 0.717) is 13.0 Å². The first-order chi connectivity index (χ1) is 39.6. The molecule has 0 bridgehead atoms. The minimum atomic E-state index is -1.71. The molecule has 0 amide bonds. The van der Waals surface area contributed by atoms with E-state index in [9.17, 15) is 40.5 Å². The summed E-state index contributed by atoms with van der Waals surface area (Å²) in [7, 11) is 0. The Morgan fingerprint density at radius 1 is 0.407 bits per heavy atom. The van der Waals surface area contributed by atoms with E-state index in [4.69, 9.17) is 28.4 Å². The van der Waals surface area contributed by atoms with Crippen LogP contribution in [0.15, 0.2) is 60.8 Å². The van der Waals surface area contributed by atoms with E-state index in [2.05, 4.69) is 74.6 Å². The van der Waals surface area contributed by atoms with Crippen LogP contribution in [0.4, 0.5) is 0 Å². The molecular weight excluding hydrogens is 1030 g/mol. The highest BCUT2D eigenvalue weighted by atomic mass is 16.7. The monoisotopic (exact) mass is 1150 g/mol. The summed E-state index contributed by atoms with van der Waals surface area (Å²) < 4.78 is 34.5. The van der Waals surface area contributed by atoms with Gasteiger partial charge in [0.25, 0.3) is 0 Å². The van der Waals surface area contributed by atoms with Crippen molar-refractivity contribution in [2.45, 2.75) is 325 Å². The molecule has 11 atom stereocenters. The molecule has 2 fully saturated rings. The van der Waals surface area contributed by atoms with Gasteiger partial charge in [-0.2, -0.15) is 0 Å². The Bertz CT molecular complexity index is 1570. The van der Waals surface area contributed by atoms with Crippen molar-refractivity contribution in [2.75, 3.05) is 33.0 Å². The third kappa shape index (κ3) is 39.1. The zero-order valence-corrected chi connectivity index (χ0v) is 51.0. The number of rotatable bonds is 54. The van der Waals surface area contributed by atoms with Crippen molar-refractivity contribution in [2.24, 2.45) is 0 Å². The average molecular weight is 1150 g/mol. The fraction of sp³-hybridized carbons (Fsp3) is 0.836. The lowest BCUT2D eigenvalue weighted by Crippen LogP contribution is -2.61. The van der Waals surface area contributed by atoms with Crippen LogP contribution in [0.5, 0.6) is 0 Å². The summed E-state index contributed by atoms with van der Waals surface area (Å²) >= 11 is 0. The van der Waals surface area contributed by atoms with Gasteiger partial charge < -0.3 is 64.2 Å². The molecule has 2 rings (SSSR count). The molecule has 11 unspecified atom stereocenters. The van der Waals surface area contributed by atoms with Crippen LogP contribution >= 0.6 is 0 Å². The van der Waals surface area contributed by atoms with Crippen LogP contribution in [0.1, 0.15) is 258 Å². The number of ether oxygens (including phenoxy) is 6. The normalized spacial score (nSPS) is 24.1. The first kappa shape index (κ1) is 74.8. The van der Waals surface area contributed by atoms with Crippen molar-refractivity contribution in [3.63, 3.8) is 0 Å². The summed E-state index contributed by atoms with van der Waals surface area (Å²) in [6.45, 7) is 3.69. The zero-order chi connectivity index (χ0) is 58.6. The number of hydrogen-bond acceptors (Lipinski definition) is 14. The molecule has 0 aliphatic carbocycles. The number of hydrogen-bond donors (Lipinski definition) is 7. The Hall–Kier alpha value is -2.31. The van der Waals surface area contributed by atoms with Crippen LogP contribution in [0.2, 0.25) is 0 Å². The number of carbonyl (C=O) groups excluding carboxylic acids is 1. The SMILES string of the molecule is CCCCCCC/C=C\C/C=C\C/C=C\CCCCCCCCCCC(=O)OC(COCCCCCCCCCCCCCC/C=C\C/C=C\CCCCCCC)COC1OC(COC2OC(CO)C(O)C(O)C2O)C(O)C(O)C1O. The molecule has 0 aromatic rings. The second-order valence-electron chi connectivity index (χ2n) is 22.9. The summed E-state index contributed by atoms with van der Waals surface area (Å²) in [6.07, 6.45) is 51.4. The highest BCUT2D eigenvalue weighted by Crippen LogP contribution is 2.27. The summed E-state index contributed by atoms with van der Waals surface area (Å²) in [4.78, 5) is 13.1. The Labute approximate surface area is 492 Å². The van der Waals surface area contributed by atoms with Gasteiger partial charge in [-0.05, 0) is 83.5 Å². The maximum Gasteiger partial charge on any atom is 0.306 e. The minimum Gasteiger partial charge on any atom is -0.457 e. The number of carbonyl (C=O) groups is 1. The molecule has 2 heterocycles. The van der Waals surface area contributed by atoms with Crippen LogP contribution in [-0.4, -0.2) is 142 Å². The van der Waals surface area contributed by atoms with E-state index in [-0.39, 0.29) is 25.6 Å². The summed E-state index contributed by atoms with van der Waals surface area (Å²) in [5.74, 6) is -0.382. The molecule has 14 heteroatoms. The number of aliphatic hydroxyl groups is 7. The van der Waals surface area contributed by atoms with E-state index < -0.39 is 80.7 Å². The molecule has 0 saturated carbocycles. The second kappa shape index (κ2) is 53.2. The number of unbranched alkanes of at least 4 members (excludes halogenated alkanes) is 30. The van der Waals surface area contributed by atoms with Gasteiger partial charge in [0, 0.05) is 13.0 Å². The molecule has 2 saturated heterocycles. The Morgan fingerprint density at radius 2 is 0.765 bits per heavy atom. The molecule has 0 aromatic carbocycles. The van der Waals surface area contributed by atoms with Crippen molar-refractivity contribution in [3.05, 3.63) is 60.8 Å². The van der Waals surface area contributed by atoms with Gasteiger partial charge >= 0.3 is 5.97 Å². The zero-order valence-electron chi connectivity index (χ0n) is 51.0. The van der Waals surface area contributed by atoms with Gasteiger partial charge in [-0.1, -0.05) is 229 Å². The van der Waals surface area contributed by atoms with Crippen molar-refractivity contribution >= 4 is 5.97 Å². The van der Waals surface area contributed by atoms with Crippen molar-refractivity contribution in [3.8, 4) is 0 Å². The molecule has 472 valence electrons. The van der Waals surface area contributed by atoms with Crippen LogP contribution in [-0.2, 0) is 33.2 Å². The van der Waals surface area contributed by atoms with Gasteiger partial charge in [-0.3, -0.25) is 4.79 Å². The summed E-state index contributed by atoms with van der Waals surface area (Å²) in [5.41, 5.74) is 0. The predicted octanol–water partition coefficient (Wildman–Crippen LogP) is 13.2. The van der Waals surface area contributed by atoms with Crippen molar-refractivity contribution in [1.29, 1.82) is 0 Å². The van der Waals surface area contributed by atoms with Crippen LogP contribution in [0, 0.1) is 0 Å². The van der Waals surface area contributed by atoms with Gasteiger partial charge in [-0.25, -0.2) is 0 Å². The Kier molecular flexibility index (Phi) is 49.1. The van der Waals surface area contributed by atoms with E-state index in [0.717, 1.165) is 64.2 Å². The van der Waals surface area contributed by atoms with Gasteiger partial charge in [0.05, 0.1) is 26.4 Å². The smallest absolute Gasteiger partial charge is 0.306 e. The fourth-order valence-electron chi connectivity index (χ4n) is 10.2. The molecule has 81 heavy (non-hydrogen) atoms. The minimum absolute atomic E-state index is 0.0566. The molecule has 0 radical (unpaired) electrons. The fourth-order valence-corrected chi connectivity index (χ4v) is 10.2. The molecule has 2 aliphatic heterocycles. The third-order valence-electron chi connectivity index (χ3n) is 15.5. The maximum atomic E-state index is 13.1. The lowest BCUT2D eigenvalue weighted by molar-refractivity contribution is -0.332. The lowest BCUT2D eigenvalue weighted by atomic mass is 9.98. The van der Waals surface area contributed by atoms with Gasteiger partial charge in [0.1, 0.15) is 54.9 Å². The molecule has 0 aromatic heterocycles. The largest absolute Gasteiger partial charge is 0.457 e. The Balaban J connectivity index is 1.67. The first-order valence-corrected chi connectivity index (χ1v) is 32.9. The lowest BCUT2D eigenvalue weighted by Gasteiger charge is -2.42. The first-order valence-electron chi connectivity index (χ1n) is 32.9. The van der Waals surface area contributed by atoms with Crippen LogP contribution in [0.3, 0.4) is 0 Å². The molecule has 7 N–H and O–H groups in total. The Morgan fingerprint density at radius 3 is 1.20 bits per heavy atom. The number of esters is 1. The van der Waals surface area contributed by atoms with Crippen molar-refractivity contribution < 1.29 is 69.0 Å². The number of allylic oxidation sites excluding steroid dienone is 10. The average Bonchev–Trinajstić information content (AvgIpc) is 3.46.